The van der Waals surface area contributed by atoms with Gasteiger partial charge in [-0.15, -0.1) is 0 Å². The molecule has 8 N–H and O–H groups in total. The van der Waals surface area contributed by atoms with E-state index in [-0.39, 0.29) is 19.3 Å². The number of thioether (sulfide) groups is 1. The largest absolute Gasteiger partial charge is 0.480 e. The topological polar surface area (TPSA) is 194 Å². The normalized spacial score (nSPS) is 13.8. The summed E-state index contributed by atoms with van der Waals surface area (Å²) in [6.07, 6.45) is 1.69. The summed E-state index contributed by atoms with van der Waals surface area (Å²) in [5.41, 5.74) is 13.0. The molecule has 2 rings (SSSR count). The fourth-order valence-corrected chi connectivity index (χ4v) is 4.22. The van der Waals surface area contributed by atoms with Gasteiger partial charge in [-0.25, -0.2) is 4.79 Å². The van der Waals surface area contributed by atoms with Crippen molar-refractivity contribution in [1.29, 1.82) is 0 Å². The van der Waals surface area contributed by atoms with Crippen LogP contribution in [0.1, 0.15) is 24.0 Å². The Balaban J connectivity index is 2.20. The first-order valence-corrected chi connectivity index (χ1v) is 13.7. The molecule has 0 aromatic heterocycles. The van der Waals surface area contributed by atoms with Crippen molar-refractivity contribution in [2.45, 2.75) is 49.9 Å². The highest BCUT2D eigenvalue weighted by molar-refractivity contribution is 7.98. The average Bonchev–Trinajstić information content (AvgIpc) is 2.90. The third-order valence-electron chi connectivity index (χ3n) is 5.81. The number of carboxylic acids is 1. The van der Waals surface area contributed by atoms with Gasteiger partial charge in [0.15, 0.2) is 0 Å². The summed E-state index contributed by atoms with van der Waals surface area (Å²) in [4.78, 5) is 62.4. The first-order chi connectivity index (χ1) is 18.6. The first kappa shape index (κ1) is 31.3. The Morgan fingerprint density at radius 1 is 0.769 bits per heavy atom. The van der Waals surface area contributed by atoms with Gasteiger partial charge < -0.3 is 32.5 Å². The smallest absolute Gasteiger partial charge is 0.326 e. The van der Waals surface area contributed by atoms with Crippen LogP contribution < -0.4 is 27.4 Å². The number of carbonyl (C=O) groups is 5. The van der Waals surface area contributed by atoms with E-state index in [0.29, 0.717) is 5.75 Å². The number of primary amides is 1. The highest BCUT2D eigenvalue weighted by Crippen LogP contribution is 2.08. The third kappa shape index (κ3) is 11.2. The van der Waals surface area contributed by atoms with Crippen molar-refractivity contribution in [3.63, 3.8) is 0 Å². The van der Waals surface area contributed by atoms with Crippen LogP contribution in [-0.2, 0) is 36.8 Å². The molecule has 2 aromatic carbocycles. The van der Waals surface area contributed by atoms with Crippen LogP contribution in [-0.4, -0.2) is 70.9 Å². The van der Waals surface area contributed by atoms with Crippen LogP contribution in [0.3, 0.4) is 0 Å². The molecule has 0 saturated carbocycles. The number of carboxylic acid groups (broad SMARTS) is 1. The Morgan fingerprint density at radius 3 is 1.77 bits per heavy atom. The maximum atomic E-state index is 13.3. The minimum atomic E-state index is -1.45. The lowest BCUT2D eigenvalue weighted by Crippen LogP contribution is -2.58. The number of rotatable bonds is 16. The molecule has 0 aliphatic heterocycles. The van der Waals surface area contributed by atoms with Gasteiger partial charge in [-0.05, 0) is 36.0 Å². The molecule has 0 heterocycles. The van der Waals surface area contributed by atoms with Crippen molar-refractivity contribution in [2.24, 2.45) is 11.5 Å². The van der Waals surface area contributed by atoms with Crippen LogP contribution in [0.2, 0.25) is 0 Å². The summed E-state index contributed by atoms with van der Waals surface area (Å²) in [6.45, 7) is 0. The van der Waals surface area contributed by atoms with Gasteiger partial charge in [0.2, 0.25) is 23.6 Å². The van der Waals surface area contributed by atoms with Gasteiger partial charge in [-0.1, -0.05) is 60.7 Å². The van der Waals surface area contributed by atoms with E-state index in [1.165, 1.54) is 11.8 Å². The Hall–Kier alpha value is -3.90. The summed E-state index contributed by atoms with van der Waals surface area (Å²) < 4.78 is 0. The molecule has 12 heteroatoms. The number of hydrogen-bond donors (Lipinski definition) is 6. The van der Waals surface area contributed by atoms with E-state index in [2.05, 4.69) is 16.0 Å². The molecule has 0 saturated heterocycles. The SMILES string of the molecule is CSCCC(NC(=O)C(CC(N)=O)NC(=O)C(Cc1ccccc1)NC(=O)C(N)Cc1ccccc1)C(=O)O. The fraction of sp³-hybridized carbons (Fsp3) is 0.370. The fourth-order valence-electron chi connectivity index (χ4n) is 3.75. The molecule has 0 spiro atoms. The lowest BCUT2D eigenvalue weighted by atomic mass is 10.0. The van der Waals surface area contributed by atoms with E-state index >= 15 is 0 Å². The zero-order valence-corrected chi connectivity index (χ0v) is 22.5. The number of nitrogens with one attached hydrogen (secondary N) is 3. The van der Waals surface area contributed by atoms with E-state index in [9.17, 15) is 29.1 Å². The Morgan fingerprint density at radius 2 is 1.26 bits per heavy atom. The van der Waals surface area contributed by atoms with E-state index in [1.54, 1.807) is 36.6 Å². The lowest BCUT2D eigenvalue weighted by molar-refractivity contribution is -0.142. The molecule has 2 aromatic rings. The molecule has 0 aliphatic carbocycles. The third-order valence-corrected chi connectivity index (χ3v) is 6.46. The number of amides is 4. The van der Waals surface area contributed by atoms with E-state index in [1.807, 2.05) is 30.3 Å². The van der Waals surface area contributed by atoms with Crippen LogP contribution in [0.4, 0.5) is 0 Å². The molecule has 0 fully saturated rings. The average molecular weight is 558 g/mol. The quantitative estimate of drug-likeness (QED) is 0.165. The monoisotopic (exact) mass is 557 g/mol. The van der Waals surface area contributed by atoms with Crippen LogP contribution in [0.15, 0.2) is 60.7 Å². The predicted molar refractivity (Wildman–Crippen MR) is 149 cm³/mol. The maximum absolute atomic E-state index is 13.3. The standard InChI is InChI=1S/C27H35N5O6S/c1-39-13-12-20(27(37)38)30-26(36)22(16-23(29)33)32-25(35)21(15-18-10-6-3-7-11-18)31-24(34)19(28)14-17-8-4-2-5-9-17/h2-11,19-22H,12-16,28H2,1H3,(H2,29,33)(H,30,36)(H,31,34)(H,32,35)(H,37,38). The number of benzene rings is 2. The van der Waals surface area contributed by atoms with Gasteiger partial charge >= 0.3 is 5.97 Å². The van der Waals surface area contributed by atoms with Gasteiger partial charge in [-0.2, -0.15) is 11.8 Å². The molecule has 4 unspecified atom stereocenters. The van der Waals surface area contributed by atoms with Gasteiger partial charge in [-0.3, -0.25) is 19.2 Å². The highest BCUT2D eigenvalue weighted by Gasteiger charge is 2.31. The van der Waals surface area contributed by atoms with Crippen molar-refractivity contribution < 1.29 is 29.1 Å². The van der Waals surface area contributed by atoms with E-state index < -0.39 is 60.2 Å². The molecular formula is C27H35N5O6S. The van der Waals surface area contributed by atoms with Crippen molar-refractivity contribution in [3.8, 4) is 0 Å². The lowest BCUT2D eigenvalue weighted by Gasteiger charge is -2.25. The Bertz CT molecular complexity index is 1120. The molecular weight excluding hydrogens is 522 g/mol. The summed E-state index contributed by atoms with van der Waals surface area (Å²) in [6, 6.07) is 13.3. The minimum Gasteiger partial charge on any atom is -0.480 e. The minimum absolute atomic E-state index is 0.0762. The zero-order chi connectivity index (χ0) is 28.8. The summed E-state index contributed by atoms with van der Waals surface area (Å²) in [7, 11) is 0. The van der Waals surface area contributed by atoms with E-state index in [4.69, 9.17) is 11.5 Å². The second-order valence-electron chi connectivity index (χ2n) is 8.96. The number of nitrogens with two attached hydrogens (primary N) is 2. The van der Waals surface area contributed by atoms with Crippen molar-refractivity contribution in [3.05, 3.63) is 71.8 Å². The Labute approximate surface area is 231 Å². The summed E-state index contributed by atoms with van der Waals surface area (Å²) >= 11 is 1.41. The van der Waals surface area contributed by atoms with Crippen molar-refractivity contribution in [2.75, 3.05) is 12.0 Å². The van der Waals surface area contributed by atoms with Crippen LogP contribution in [0, 0.1) is 0 Å². The molecule has 0 bridgehead atoms. The molecule has 0 aliphatic rings. The Kier molecular flexibility index (Phi) is 13.0. The second kappa shape index (κ2) is 16.1. The molecule has 4 atom stereocenters. The van der Waals surface area contributed by atoms with Crippen LogP contribution >= 0.6 is 11.8 Å². The van der Waals surface area contributed by atoms with Crippen LogP contribution in [0.5, 0.6) is 0 Å². The molecule has 0 radical (unpaired) electrons. The number of hydrogen-bond acceptors (Lipinski definition) is 7. The number of carbonyl (C=O) groups excluding carboxylic acids is 4. The summed E-state index contributed by atoms with van der Waals surface area (Å²) in [5, 5.41) is 16.9. The summed E-state index contributed by atoms with van der Waals surface area (Å²) in [5.74, 6) is -3.85. The first-order valence-electron chi connectivity index (χ1n) is 12.3. The van der Waals surface area contributed by atoms with Crippen molar-refractivity contribution in [1.82, 2.24) is 16.0 Å². The molecule has 210 valence electrons. The predicted octanol–water partition coefficient (Wildman–Crippen LogP) is -0.0334. The van der Waals surface area contributed by atoms with Crippen molar-refractivity contribution >= 4 is 41.4 Å². The van der Waals surface area contributed by atoms with Crippen LogP contribution in [0.25, 0.3) is 0 Å². The van der Waals surface area contributed by atoms with Gasteiger partial charge in [0, 0.05) is 6.42 Å². The van der Waals surface area contributed by atoms with Gasteiger partial charge in [0.25, 0.3) is 0 Å². The molecule has 39 heavy (non-hydrogen) atoms. The highest BCUT2D eigenvalue weighted by atomic mass is 32.2. The second-order valence-corrected chi connectivity index (χ2v) is 9.95. The maximum Gasteiger partial charge on any atom is 0.326 e. The van der Waals surface area contributed by atoms with Gasteiger partial charge in [0.1, 0.15) is 18.1 Å². The molecule has 11 nitrogen and oxygen atoms in total. The zero-order valence-electron chi connectivity index (χ0n) is 21.7. The van der Waals surface area contributed by atoms with E-state index in [0.717, 1.165) is 11.1 Å². The van der Waals surface area contributed by atoms with Gasteiger partial charge in [0.05, 0.1) is 12.5 Å². The molecule has 4 amide bonds. The number of aliphatic carboxylic acids is 1.